The van der Waals surface area contributed by atoms with Crippen LogP contribution in [0.2, 0.25) is 5.02 Å². The Morgan fingerprint density at radius 3 is 2.41 bits per heavy atom. The van der Waals surface area contributed by atoms with Crippen molar-refractivity contribution in [2.75, 3.05) is 11.5 Å². The third kappa shape index (κ3) is 5.62. The Kier molecular flexibility index (Phi) is 7.42. The fourth-order valence-electron chi connectivity index (χ4n) is 4.54. The molecule has 2 heterocycles. The van der Waals surface area contributed by atoms with Crippen molar-refractivity contribution >= 4 is 23.2 Å². The van der Waals surface area contributed by atoms with Gasteiger partial charge in [-0.05, 0) is 78.6 Å². The summed E-state index contributed by atoms with van der Waals surface area (Å²) in [4.78, 5) is 19.5. The molecule has 0 aliphatic carbocycles. The maximum atomic E-state index is 13.3. The number of para-hydroxylation sites is 1. The van der Waals surface area contributed by atoms with Gasteiger partial charge in [0.15, 0.2) is 0 Å². The van der Waals surface area contributed by atoms with Crippen molar-refractivity contribution in [3.8, 4) is 11.5 Å². The molecule has 2 atom stereocenters. The largest absolute Gasteiger partial charge is 0.493 e. The average Bonchev–Trinajstić information content (AvgIpc) is 2.91. The smallest absolute Gasteiger partial charge is 0.271 e. The zero-order valence-electron chi connectivity index (χ0n) is 20.9. The lowest BCUT2D eigenvalue weighted by atomic mass is 9.89. The quantitative estimate of drug-likeness (QED) is 0.232. The van der Waals surface area contributed by atoms with Crippen LogP contribution in [0.25, 0.3) is 0 Å². The Labute approximate surface area is 222 Å². The lowest BCUT2D eigenvalue weighted by molar-refractivity contribution is -0.135. The highest BCUT2D eigenvalue weighted by atomic mass is 35.5. The van der Waals surface area contributed by atoms with Gasteiger partial charge in [-0.2, -0.15) is 0 Å². The van der Waals surface area contributed by atoms with E-state index in [-0.39, 0.29) is 11.9 Å². The van der Waals surface area contributed by atoms with Gasteiger partial charge >= 0.3 is 0 Å². The summed E-state index contributed by atoms with van der Waals surface area (Å²) >= 11 is 6.32. The maximum absolute atomic E-state index is 13.3. The van der Waals surface area contributed by atoms with Crippen LogP contribution in [0.15, 0.2) is 91.1 Å². The summed E-state index contributed by atoms with van der Waals surface area (Å²) in [7, 11) is 0. The van der Waals surface area contributed by atoms with Crippen molar-refractivity contribution in [2.45, 2.75) is 38.8 Å². The Morgan fingerprint density at radius 1 is 0.946 bits per heavy atom. The van der Waals surface area contributed by atoms with Crippen LogP contribution in [0, 0.1) is 6.92 Å². The van der Waals surface area contributed by atoms with Crippen molar-refractivity contribution in [3.63, 3.8) is 0 Å². The molecule has 0 spiro atoms. The number of benzene rings is 3. The van der Waals surface area contributed by atoms with Crippen molar-refractivity contribution in [3.05, 3.63) is 119 Å². The predicted octanol–water partition coefficient (Wildman–Crippen LogP) is 6.76. The summed E-state index contributed by atoms with van der Waals surface area (Å²) < 4.78 is 12.1. The second-order valence-corrected chi connectivity index (χ2v) is 9.61. The topological polar surface area (TPSA) is 51.7 Å². The first-order valence-corrected chi connectivity index (χ1v) is 12.9. The van der Waals surface area contributed by atoms with Gasteiger partial charge in [-0.3, -0.25) is 14.7 Å². The van der Waals surface area contributed by atoms with E-state index in [1.54, 1.807) is 4.90 Å². The molecule has 0 N–H and O–H groups in total. The molecule has 0 bridgehead atoms. The van der Waals surface area contributed by atoms with E-state index in [0.29, 0.717) is 17.4 Å². The number of β-lactam (4-membered cyclic amide) rings is 1. The molecule has 1 amide bonds. The summed E-state index contributed by atoms with van der Waals surface area (Å²) in [5.74, 6) is 1.33. The average molecular weight is 513 g/mol. The molecule has 1 aliphatic rings. The number of hydrogen-bond acceptors (Lipinski definition) is 4. The van der Waals surface area contributed by atoms with Crippen LogP contribution < -0.4 is 14.4 Å². The van der Waals surface area contributed by atoms with Gasteiger partial charge in [0.1, 0.15) is 17.5 Å². The van der Waals surface area contributed by atoms with E-state index in [0.717, 1.165) is 41.1 Å². The first-order chi connectivity index (χ1) is 18.0. The van der Waals surface area contributed by atoms with Gasteiger partial charge in [0, 0.05) is 29.0 Å². The highest BCUT2D eigenvalue weighted by molar-refractivity contribution is 6.31. The number of nitrogens with zero attached hydrogens (tertiary/aromatic N) is 2. The van der Waals surface area contributed by atoms with Gasteiger partial charge in [-0.25, -0.2) is 0 Å². The third-order valence-corrected chi connectivity index (χ3v) is 6.72. The second kappa shape index (κ2) is 11.1. The maximum Gasteiger partial charge on any atom is 0.271 e. The highest BCUT2D eigenvalue weighted by Crippen LogP contribution is 2.42. The standard InChI is InChI=1S/C31H29ClN2O3/c1-3-22-9-12-25(33-20-22)15-16-36-27-13-10-23(11-14-27)29-30(37-28-7-5-4-6-8-28)31(35)34(29)26-18-21(2)17-24(32)19-26/h4-14,17-20,29-30H,3,15-16H2,1-2H3. The van der Waals surface area contributed by atoms with Crippen LogP contribution in [0.3, 0.4) is 0 Å². The lowest BCUT2D eigenvalue weighted by Crippen LogP contribution is -2.61. The van der Waals surface area contributed by atoms with E-state index < -0.39 is 6.10 Å². The number of ether oxygens (including phenoxy) is 2. The van der Waals surface area contributed by atoms with Gasteiger partial charge in [0.25, 0.3) is 5.91 Å². The van der Waals surface area contributed by atoms with Gasteiger partial charge in [0.2, 0.25) is 6.10 Å². The van der Waals surface area contributed by atoms with Crippen LogP contribution >= 0.6 is 11.6 Å². The molecular weight excluding hydrogens is 484 g/mol. The molecule has 188 valence electrons. The fraction of sp³-hybridized carbons (Fsp3) is 0.226. The van der Waals surface area contributed by atoms with Crippen molar-refractivity contribution in [2.24, 2.45) is 0 Å². The van der Waals surface area contributed by atoms with E-state index >= 15 is 0 Å². The number of hydrogen-bond donors (Lipinski definition) is 0. The van der Waals surface area contributed by atoms with Crippen LogP contribution in [0.5, 0.6) is 11.5 Å². The van der Waals surface area contributed by atoms with Gasteiger partial charge in [-0.1, -0.05) is 54.9 Å². The van der Waals surface area contributed by atoms with Crippen LogP contribution in [-0.2, 0) is 17.6 Å². The summed E-state index contributed by atoms with van der Waals surface area (Å²) in [5, 5.41) is 0.594. The number of amides is 1. The van der Waals surface area contributed by atoms with Crippen molar-refractivity contribution < 1.29 is 14.3 Å². The first-order valence-electron chi connectivity index (χ1n) is 12.5. The van der Waals surface area contributed by atoms with E-state index in [4.69, 9.17) is 21.1 Å². The summed E-state index contributed by atoms with van der Waals surface area (Å²) in [6.07, 6.45) is 3.00. The molecule has 3 aromatic carbocycles. The first kappa shape index (κ1) is 24.8. The Bertz CT molecular complexity index is 1340. The molecular formula is C31H29ClN2O3. The van der Waals surface area contributed by atoms with Crippen LogP contribution in [-0.4, -0.2) is 23.6 Å². The molecule has 4 aromatic rings. The van der Waals surface area contributed by atoms with Gasteiger partial charge in [0.05, 0.1) is 6.61 Å². The molecule has 0 saturated carbocycles. The predicted molar refractivity (Wildman–Crippen MR) is 147 cm³/mol. The molecule has 1 aliphatic heterocycles. The minimum absolute atomic E-state index is 0.0996. The molecule has 5 nitrogen and oxygen atoms in total. The van der Waals surface area contributed by atoms with Gasteiger partial charge < -0.3 is 9.47 Å². The van der Waals surface area contributed by atoms with Crippen molar-refractivity contribution in [1.29, 1.82) is 0 Å². The molecule has 1 aromatic heterocycles. The molecule has 37 heavy (non-hydrogen) atoms. The van der Waals surface area contributed by atoms with E-state index in [1.807, 2.05) is 85.9 Å². The van der Waals surface area contributed by atoms with E-state index in [2.05, 4.69) is 24.0 Å². The number of carbonyl (C=O) groups excluding carboxylic acids is 1. The SMILES string of the molecule is CCc1ccc(CCOc2ccc(C3C(Oc4ccccc4)C(=O)N3c3cc(C)cc(Cl)c3)cc2)nc1. The molecule has 6 heteroatoms. The second-order valence-electron chi connectivity index (χ2n) is 9.17. The Morgan fingerprint density at radius 2 is 1.73 bits per heavy atom. The number of carbonyl (C=O) groups is 1. The summed E-state index contributed by atoms with van der Waals surface area (Å²) in [6, 6.07) is 26.8. The normalized spacial score (nSPS) is 16.8. The van der Waals surface area contributed by atoms with Crippen LogP contribution in [0.4, 0.5) is 5.69 Å². The van der Waals surface area contributed by atoms with E-state index in [1.165, 1.54) is 5.56 Å². The minimum Gasteiger partial charge on any atom is -0.493 e. The Hall–Kier alpha value is -3.83. The fourth-order valence-corrected chi connectivity index (χ4v) is 4.82. The third-order valence-electron chi connectivity index (χ3n) is 6.50. The number of rotatable bonds is 9. The molecule has 5 rings (SSSR count). The minimum atomic E-state index is -0.634. The number of aromatic nitrogens is 1. The number of aryl methyl sites for hydroxylation is 2. The molecule has 1 saturated heterocycles. The van der Waals surface area contributed by atoms with E-state index in [9.17, 15) is 4.79 Å². The Balaban J connectivity index is 1.32. The summed E-state index contributed by atoms with van der Waals surface area (Å²) in [6.45, 7) is 4.62. The molecule has 1 fully saturated rings. The zero-order chi connectivity index (χ0) is 25.8. The summed E-state index contributed by atoms with van der Waals surface area (Å²) in [5.41, 5.74) is 4.95. The lowest BCUT2D eigenvalue weighted by Gasteiger charge is -2.46. The monoisotopic (exact) mass is 512 g/mol. The van der Waals surface area contributed by atoms with Crippen LogP contribution in [0.1, 0.15) is 35.3 Å². The number of anilines is 1. The van der Waals surface area contributed by atoms with Gasteiger partial charge in [-0.15, -0.1) is 0 Å². The molecule has 0 radical (unpaired) electrons. The zero-order valence-corrected chi connectivity index (χ0v) is 21.7. The highest BCUT2D eigenvalue weighted by Gasteiger charge is 2.51. The molecule has 2 unspecified atom stereocenters. The van der Waals surface area contributed by atoms with Crippen molar-refractivity contribution in [1.82, 2.24) is 4.98 Å². The number of halogens is 1. The number of pyridine rings is 1.